The summed E-state index contributed by atoms with van der Waals surface area (Å²) in [6.07, 6.45) is -0.915. The summed E-state index contributed by atoms with van der Waals surface area (Å²) in [6.45, 7) is 3.22. The summed E-state index contributed by atoms with van der Waals surface area (Å²) in [5.74, 6) is 0.618. The molecule has 2 N–H and O–H groups in total. The molecule has 0 aliphatic heterocycles. The van der Waals surface area contributed by atoms with Gasteiger partial charge in [0.1, 0.15) is 6.61 Å². The molecule has 0 heterocycles. The van der Waals surface area contributed by atoms with E-state index in [1.807, 2.05) is 0 Å². The zero-order valence-electron chi connectivity index (χ0n) is 10.0. The van der Waals surface area contributed by atoms with E-state index in [2.05, 4.69) is 18.6 Å². The van der Waals surface area contributed by atoms with E-state index in [9.17, 15) is 13.2 Å². The molecule has 0 saturated heterocycles. The van der Waals surface area contributed by atoms with E-state index in [0.29, 0.717) is 12.3 Å². The molecule has 2 nitrogen and oxygen atoms in total. The molecule has 0 spiro atoms. The lowest BCUT2D eigenvalue weighted by Crippen LogP contribution is -2.22. The Morgan fingerprint density at radius 2 is 1.75 bits per heavy atom. The first-order valence-corrected chi connectivity index (χ1v) is 5.71. The van der Waals surface area contributed by atoms with E-state index in [0.717, 1.165) is 19.3 Å². The molecular formula is C11H22F3NO. The zero-order chi connectivity index (χ0) is 12.6. The monoisotopic (exact) mass is 241 g/mol. The molecule has 1 unspecified atom stereocenters. The van der Waals surface area contributed by atoms with Crippen molar-refractivity contribution in [3.63, 3.8) is 0 Å². The zero-order valence-corrected chi connectivity index (χ0v) is 10.0. The second-order valence-electron chi connectivity index (χ2n) is 4.54. The number of nitrogens with two attached hydrogens (primary N) is 1. The fourth-order valence-electron chi connectivity index (χ4n) is 1.33. The van der Waals surface area contributed by atoms with Crippen molar-refractivity contribution < 1.29 is 17.9 Å². The Hall–Kier alpha value is -0.290. The highest BCUT2D eigenvalue weighted by Crippen LogP contribution is 2.15. The van der Waals surface area contributed by atoms with Crippen molar-refractivity contribution in [2.24, 2.45) is 11.7 Å². The minimum Gasteiger partial charge on any atom is -0.372 e. The summed E-state index contributed by atoms with van der Waals surface area (Å²) in [7, 11) is 0. The molecule has 0 amide bonds. The van der Waals surface area contributed by atoms with Crippen molar-refractivity contribution in [1.82, 2.24) is 0 Å². The van der Waals surface area contributed by atoms with Crippen LogP contribution in [-0.4, -0.2) is 25.4 Å². The lowest BCUT2D eigenvalue weighted by molar-refractivity contribution is -0.174. The van der Waals surface area contributed by atoms with E-state index in [-0.39, 0.29) is 12.6 Å². The molecule has 0 radical (unpaired) electrons. The Kier molecular flexibility index (Phi) is 7.76. The van der Waals surface area contributed by atoms with Crippen LogP contribution in [0, 0.1) is 5.92 Å². The number of hydrogen-bond donors (Lipinski definition) is 1. The van der Waals surface area contributed by atoms with Gasteiger partial charge >= 0.3 is 6.18 Å². The molecule has 0 aliphatic rings. The van der Waals surface area contributed by atoms with Crippen LogP contribution in [0.2, 0.25) is 0 Å². The maximum absolute atomic E-state index is 11.7. The van der Waals surface area contributed by atoms with Crippen molar-refractivity contribution >= 4 is 0 Å². The van der Waals surface area contributed by atoms with Gasteiger partial charge in [0, 0.05) is 12.6 Å². The van der Waals surface area contributed by atoms with Crippen molar-refractivity contribution in [3.8, 4) is 0 Å². The van der Waals surface area contributed by atoms with E-state index >= 15 is 0 Å². The van der Waals surface area contributed by atoms with Crippen molar-refractivity contribution in [2.75, 3.05) is 13.2 Å². The highest BCUT2D eigenvalue weighted by molar-refractivity contribution is 4.62. The standard InChI is InChI=1S/C11H22F3NO/c1-9(2)5-6-10(15)4-3-7-16-8-11(12,13)14/h9-10H,3-8,15H2,1-2H3. The molecule has 0 saturated carbocycles. The SMILES string of the molecule is CC(C)CCC(N)CCCOCC(F)(F)F. The average Bonchev–Trinajstić information content (AvgIpc) is 2.12. The van der Waals surface area contributed by atoms with Gasteiger partial charge in [-0.1, -0.05) is 13.8 Å². The third-order valence-corrected chi connectivity index (χ3v) is 2.24. The van der Waals surface area contributed by atoms with Crippen molar-refractivity contribution in [1.29, 1.82) is 0 Å². The lowest BCUT2D eigenvalue weighted by atomic mass is 10.0. The third kappa shape index (κ3) is 11.8. The number of rotatable bonds is 8. The van der Waals surface area contributed by atoms with Gasteiger partial charge < -0.3 is 10.5 Å². The molecule has 0 rings (SSSR count). The highest BCUT2D eigenvalue weighted by atomic mass is 19.4. The Morgan fingerprint density at radius 3 is 2.25 bits per heavy atom. The van der Waals surface area contributed by atoms with E-state index < -0.39 is 12.8 Å². The Bertz CT molecular complexity index is 171. The fraction of sp³-hybridized carbons (Fsp3) is 1.00. The van der Waals surface area contributed by atoms with Crippen molar-refractivity contribution in [3.05, 3.63) is 0 Å². The van der Waals surface area contributed by atoms with E-state index in [1.165, 1.54) is 0 Å². The number of ether oxygens (including phenoxy) is 1. The van der Waals surface area contributed by atoms with Gasteiger partial charge in [-0.25, -0.2) is 0 Å². The van der Waals surface area contributed by atoms with Crippen LogP contribution < -0.4 is 5.73 Å². The first-order chi connectivity index (χ1) is 7.31. The number of halogens is 3. The molecule has 1 atom stereocenters. The fourth-order valence-corrected chi connectivity index (χ4v) is 1.33. The number of alkyl halides is 3. The molecule has 98 valence electrons. The van der Waals surface area contributed by atoms with Crippen molar-refractivity contribution in [2.45, 2.75) is 51.7 Å². The second-order valence-corrected chi connectivity index (χ2v) is 4.54. The summed E-state index contributed by atoms with van der Waals surface area (Å²) in [5.41, 5.74) is 5.81. The van der Waals surface area contributed by atoms with Gasteiger partial charge in [0.15, 0.2) is 0 Å². The molecule has 0 aromatic rings. The summed E-state index contributed by atoms with van der Waals surface area (Å²) in [5, 5.41) is 0. The third-order valence-electron chi connectivity index (χ3n) is 2.24. The Balaban J connectivity index is 3.31. The van der Waals surface area contributed by atoms with Gasteiger partial charge in [0.2, 0.25) is 0 Å². The first kappa shape index (κ1) is 15.7. The predicted octanol–water partition coefficient (Wildman–Crippen LogP) is 3.11. The molecule has 0 aliphatic carbocycles. The molecule has 16 heavy (non-hydrogen) atoms. The maximum atomic E-state index is 11.7. The normalized spacial score (nSPS) is 14.4. The van der Waals surface area contributed by atoms with Crippen LogP contribution in [0.1, 0.15) is 39.5 Å². The Labute approximate surface area is 95.3 Å². The molecule has 5 heteroatoms. The van der Waals surface area contributed by atoms with Crippen LogP contribution in [0.5, 0.6) is 0 Å². The predicted molar refractivity (Wildman–Crippen MR) is 58.2 cm³/mol. The smallest absolute Gasteiger partial charge is 0.372 e. The van der Waals surface area contributed by atoms with Gasteiger partial charge in [0.05, 0.1) is 0 Å². The summed E-state index contributed by atoms with van der Waals surface area (Å²) in [4.78, 5) is 0. The van der Waals surface area contributed by atoms with Gasteiger partial charge in [-0.3, -0.25) is 0 Å². The molecular weight excluding hydrogens is 219 g/mol. The van der Waals surface area contributed by atoms with Crippen LogP contribution in [0.3, 0.4) is 0 Å². The van der Waals surface area contributed by atoms with Crippen LogP contribution in [-0.2, 0) is 4.74 Å². The minimum atomic E-state index is -4.22. The summed E-state index contributed by atoms with van der Waals surface area (Å²) in [6, 6.07) is 0.0805. The number of hydrogen-bond acceptors (Lipinski definition) is 2. The molecule has 0 fully saturated rings. The van der Waals surface area contributed by atoms with Crippen LogP contribution in [0.15, 0.2) is 0 Å². The van der Waals surface area contributed by atoms with Crippen LogP contribution in [0.4, 0.5) is 13.2 Å². The second kappa shape index (κ2) is 7.90. The van der Waals surface area contributed by atoms with Crippen LogP contribution in [0.25, 0.3) is 0 Å². The average molecular weight is 241 g/mol. The van der Waals surface area contributed by atoms with E-state index in [4.69, 9.17) is 5.73 Å². The van der Waals surface area contributed by atoms with Gasteiger partial charge in [0.25, 0.3) is 0 Å². The topological polar surface area (TPSA) is 35.2 Å². The molecule has 0 aromatic heterocycles. The highest BCUT2D eigenvalue weighted by Gasteiger charge is 2.27. The summed E-state index contributed by atoms with van der Waals surface area (Å²) < 4.78 is 39.6. The maximum Gasteiger partial charge on any atom is 0.411 e. The summed E-state index contributed by atoms with van der Waals surface area (Å²) >= 11 is 0. The molecule has 0 bridgehead atoms. The first-order valence-electron chi connectivity index (χ1n) is 5.71. The van der Waals surface area contributed by atoms with Gasteiger partial charge in [-0.05, 0) is 31.6 Å². The van der Waals surface area contributed by atoms with Crippen LogP contribution >= 0.6 is 0 Å². The largest absolute Gasteiger partial charge is 0.411 e. The Morgan fingerprint density at radius 1 is 1.12 bits per heavy atom. The minimum absolute atomic E-state index is 0.0805. The quantitative estimate of drug-likeness (QED) is 0.663. The van der Waals surface area contributed by atoms with E-state index in [1.54, 1.807) is 0 Å². The molecule has 0 aromatic carbocycles. The van der Waals surface area contributed by atoms with Gasteiger partial charge in [-0.15, -0.1) is 0 Å². The lowest BCUT2D eigenvalue weighted by Gasteiger charge is -2.13. The van der Waals surface area contributed by atoms with Gasteiger partial charge in [-0.2, -0.15) is 13.2 Å².